The molecule has 0 aliphatic carbocycles. The number of hydrogen-bond donors (Lipinski definition) is 2. The van der Waals surface area contributed by atoms with E-state index in [4.69, 9.17) is 17.3 Å². The zero-order chi connectivity index (χ0) is 8.97. The second-order valence-electron chi connectivity index (χ2n) is 2.56. The van der Waals surface area contributed by atoms with Crippen LogP contribution in [0, 0.1) is 0 Å². The van der Waals surface area contributed by atoms with Crippen LogP contribution in [-0.4, -0.2) is 13.6 Å². The van der Waals surface area contributed by atoms with Crippen LogP contribution in [0.15, 0.2) is 12.1 Å². The first kappa shape index (κ1) is 9.99. The molecule has 0 saturated carbocycles. The molecule has 1 aromatic rings. The second-order valence-corrected chi connectivity index (χ2v) is 4.31. The zero-order valence-electron chi connectivity index (χ0n) is 7.01. The van der Waals surface area contributed by atoms with Gasteiger partial charge in [0.25, 0.3) is 0 Å². The molecule has 0 aliphatic rings. The summed E-state index contributed by atoms with van der Waals surface area (Å²) in [6.45, 7) is 0.695. The molecule has 0 radical (unpaired) electrons. The summed E-state index contributed by atoms with van der Waals surface area (Å²) < 4.78 is 0.835. The van der Waals surface area contributed by atoms with Crippen molar-refractivity contribution in [2.24, 2.45) is 5.73 Å². The summed E-state index contributed by atoms with van der Waals surface area (Å²) in [5.41, 5.74) is 5.48. The Bertz CT molecular complexity index is 237. The number of nitrogens with two attached hydrogens (primary N) is 1. The van der Waals surface area contributed by atoms with Gasteiger partial charge < -0.3 is 11.1 Å². The lowest BCUT2D eigenvalue weighted by molar-refractivity contribution is 0.565. The molecule has 0 fully saturated rings. The summed E-state index contributed by atoms with van der Waals surface area (Å²) in [6, 6.07) is 4.32. The summed E-state index contributed by atoms with van der Waals surface area (Å²) in [4.78, 5) is 1.26. The maximum absolute atomic E-state index is 5.82. The third-order valence-corrected chi connectivity index (χ3v) is 3.09. The lowest BCUT2D eigenvalue weighted by Crippen LogP contribution is -2.18. The third kappa shape index (κ3) is 2.45. The Hall–Kier alpha value is -0.0900. The Balaban J connectivity index is 2.66. The van der Waals surface area contributed by atoms with E-state index in [0.717, 1.165) is 10.8 Å². The molecule has 1 heterocycles. The molecule has 0 amide bonds. The SMILES string of the molecule is CNC(CCN)c1ccc(Cl)s1. The van der Waals surface area contributed by atoms with Crippen LogP contribution in [-0.2, 0) is 0 Å². The van der Waals surface area contributed by atoms with Gasteiger partial charge in [-0.25, -0.2) is 0 Å². The first-order valence-electron chi connectivity index (χ1n) is 3.90. The molecule has 0 bridgehead atoms. The van der Waals surface area contributed by atoms with Crippen LogP contribution in [0.2, 0.25) is 4.34 Å². The van der Waals surface area contributed by atoms with Crippen LogP contribution in [0.5, 0.6) is 0 Å². The van der Waals surface area contributed by atoms with Crippen LogP contribution in [0.3, 0.4) is 0 Å². The molecule has 68 valence electrons. The summed E-state index contributed by atoms with van der Waals surface area (Å²) in [6.07, 6.45) is 0.952. The standard InChI is InChI=1S/C8H13ClN2S/c1-11-6(4-5-10)7-2-3-8(9)12-7/h2-3,6,11H,4-5,10H2,1H3. The molecular weight excluding hydrogens is 192 g/mol. The Morgan fingerprint density at radius 3 is 2.83 bits per heavy atom. The minimum Gasteiger partial charge on any atom is -0.330 e. The van der Waals surface area contributed by atoms with Crippen molar-refractivity contribution < 1.29 is 0 Å². The van der Waals surface area contributed by atoms with E-state index >= 15 is 0 Å². The quantitative estimate of drug-likeness (QED) is 0.788. The van der Waals surface area contributed by atoms with E-state index in [2.05, 4.69) is 5.32 Å². The highest BCUT2D eigenvalue weighted by atomic mass is 35.5. The van der Waals surface area contributed by atoms with E-state index in [1.807, 2.05) is 19.2 Å². The van der Waals surface area contributed by atoms with Crippen LogP contribution < -0.4 is 11.1 Å². The minimum atomic E-state index is 0.354. The molecule has 0 aliphatic heterocycles. The van der Waals surface area contributed by atoms with Crippen molar-refractivity contribution in [1.29, 1.82) is 0 Å². The van der Waals surface area contributed by atoms with Gasteiger partial charge in [-0.3, -0.25) is 0 Å². The van der Waals surface area contributed by atoms with Crippen molar-refractivity contribution in [1.82, 2.24) is 5.32 Å². The number of nitrogens with one attached hydrogen (secondary N) is 1. The largest absolute Gasteiger partial charge is 0.330 e. The van der Waals surface area contributed by atoms with Gasteiger partial charge in [-0.15, -0.1) is 11.3 Å². The number of rotatable bonds is 4. The van der Waals surface area contributed by atoms with Crippen molar-refractivity contribution in [3.63, 3.8) is 0 Å². The van der Waals surface area contributed by atoms with Gasteiger partial charge >= 0.3 is 0 Å². The van der Waals surface area contributed by atoms with Gasteiger partial charge in [-0.05, 0) is 32.1 Å². The second kappa shape index (κ2) is 4.82. The Kier molecular flexibility index (Phi) is 4.01. The van der Waals surface area contributed by atoms with Gasteiger partial charge in [-0.2, -0.15) is 0 Å². The molecule has 0 aromatic carbocycles. The molecule has 0 spiro atoms. The van der Waals surface area contributed by atoms with Crippen LogP contribution in [0.25, 0.3) is 0 Å². The first-order chi connectivity index (χ1) is 5.77. The smallest absolute Gasteiger partial charge is 0.0931 e. The lowest BCUT2D eigenvalue weighted by atomic mass is 10.2. The minimum absolute atomic E-state index is 0.354. The average molecular weight is 205 g/mol. The summed E-state index contributed by atoms with van der Waals surface area (Å²) >= 11 is 7.43. The molecular formula is C8H13ClN2S. The zero-order valence-corrected chi connectivity index (χ0v) is 8.58. The molecule has 1 rings (SSSR count). The fraction of sp³-hybridized carbons (Fsp3) is 0.500. The number of halogens is 1. The van der Waals surface area contributed by atoms with Gasteiger partial charge in [0.15, 0.2) is 0 Å². The highest BCUT2D eigenvalue weighted by molar-refractivity contribution is 7.16. The van der Waals surface area contributed by atoms with E-state index < -0.39 is 0 Å². The maximum atomic E-state index is 5.82. The molecule has 1 unspecified atom stereocenters. The molecule has 12 heavy (non-hydrogen) atoms. The van der Waals surface area contributed by atoms with E-state index in [-0.39, 0.29) is 0 Å². The fourth-order valence-electron chi connectivity index (χ4n) is 1.11. The van der Waals surface area contributed by atoms with Crippen LogP contribution in [0.1, 0.15) is 17.3 Å². The first-order valence-corrected chi connectivity index (χ1v) is 5.10. The van der Waals surface area contributed by atoms with E-state index in [9.17, 15) is 0 Å². The molecule has 2 nitrogen and oxygen atoms in total. The summed E-state index contributed by atoms with van der Waals surface area (Å²) in [7, 11) is 1.94. The van der Waals surface area contributed by atoms with Crippen molar-refractivity contribution in [3.05, 3.63) is 21.3 Å². The van der Waals surface area contributed by atoms with Crippen LogP contribution >= 0.6 is 22.9 Å². The van der Waals surface area contributed by atoms with Crippen molar-refractivity contribution in [2.75, 3.05) is 13.6 Å². The van der Waals surface area contributed by atoms with Gasteiger partial charge in [0.1, 0.15) is 0 Å². The Morgan fingerprint density at radius 1 is 1.67 bits per heavy atom. The molecule has 1 aromatic heterocycles. The summed E-state index contributed by atoms with van der Waals surface area (Å²) in [5.74, 6) is 0. The predicted molar refractivity (Wildman–Crippen MR) is 54.8 cm³/mol. The maximum Gasteiger partial charge on any atom is 0.0931 e. The highest BCUT2D eigenvalue weighted by Crippen LogP contribution is 2.27. The highest BCUT2D eigenvalue weighted by Gasteiger charge is 2.09. The molecule has 3 N–H and O–H groups in total. The lowest BCUT2D eigenvalue weighted by Gasteiger charge is -2.12. The Morgan fingerprint density at radius 2 is 2.42 bits per heavy atom. The van der Waals surface area contributed by atoms with Crippen molar-refractivity contribution in [2.45, 2.75) is 12.5 Å². The van der Waals surface area contributed by atoms with Gasteiger partial charge in [-0.1, -0.05) is 11.6 Å². The van der Waals surface area contributed by atoms with Gasteiger partial charge in [0, 0.05) is 10.9 Å². The van der Waals surface area contributed by atoms with Gasteiger partial charge in [0.2, 0.25) is 0 Å². The van der Waals surface area contributed by atoms with E-state index in [0.29, 0.717) is 12.6 Å². The van der Waals surface area contributed by atoms with E-state index in [1.165, 1.54) is 4.88 Å². The fourth-order valence-corrected chi connectivity index (χ4v) is 2.32. The number of thiophene rings is 1. The normalized spacial score (nSPS) is 13.2. The molecule has 4 heteroatoms. The summed E-state index contributed by atoms with van der Waals surface area (Å²) in [5, 5.41) is 3.20. The van der Waals surface area contributed by atoms with Crippen molar-refractivity contribution >= 4 is 22.9 Å². The third-order valence-electron chi connectivity index (χ3n) is 1.74. The van der Waals surface area contributed by atoms with Crippen molar-refractivity contribution in [3.8, 4) is 0 Å². The average Bonchev–Trinajstić information content (AvgIpc) is 2.47. The molecule has 0 saturated heterocycles. The molecule has 1 atom stereocenters. The topological polar surface area (TPSA) is 38.0 Å². The van der Waals surface area contributed by atoms with Gasteiger partial charge in [0.05, 0.1) is 4.34 Å². The number of hydrogen-bond acceptors (Lipinski definition) is 3. The predicted octanol–water partition coefficient (Wildman–Crippen LogP) is 2.01. The van der Waals surface area contributed by atoms with Crippen LogP contribution in [0.4, 0.5) is 0 Å². The van der Waals surface area contributed by atoms with E-state index in [1.54, 1.807) is 11.3 Å². The Labute approximate surface area is 81.7 Å². The monoisotopic (exact) mass is 204 g/mol.